The maximum Gasteiger partial charge on any atom is 0.328 e. The summed E-state index contributed by atoms with van der Waals surface area (Å²) in [6.45, 7) is 3.18. The maximum atomic E-state index is 12.7. The highest BCUT2D eigenvalue weighted by molar-refractivity contribution is 7.92. The van der Waals surface area contributed by atoms with Gasteiger partial charge in [-0.3, -0.25) is 14.6 Å². The minimum Gasteiger partial charge on any atom is -0.389 e. The molecule has 3 rings (SSSR count). The number of fused-ring (bicyclic) bond motifs is 1. The topological polar surface area (TPSA) is 129 Å². The van der Waals surface area contributed by atoms with Gasteiger partial charge in [-0.15, -0.1) is 0 Å². The third kappa shape index (κ3) is 4.55. The van der Waals surface area contributed by atoms with Gasteiger partial charge in [0.25, 0.3) is 5.91 Å². The van der Waals surface area contributed by atoms with E-state index >= 15 is 0 Å². The molecule has 3 N–H and O–H groups in total. The molecule has 2 amide bonds. The second-order valence-electron chi connectivity index (χ2n) is 8.04. The molecule has 0 saturated heterocycles. The number of carbonyl (C=O) groups excluding carboxylic acids is 2. The summed E-state index contributed by atoms with van der Waals surface area (Å²) in [6, 6.07) is 8.68. The molecule has 0 spiro atoms. The molecule has 2 atom stereocenters. The molecular formula is C22H25N3O6S. The molecule has 2 aromatic rings. The minimum atomic E-state index is -3.84. The Morgan fingerprint density at radius 1 is 1.25 bits per heavy atom. The van der Waals surface area contributed by atoms with Crippen LogP contribution in [0.4, 0.5) is 4.79 Å². The van der Waals surface area contributed by atoms with E-state index in [2.05, 4.69) is 11.8 Å². The quantitative estimate of drug-likeness (QED) is 0.340. The van der Waals surface area contributed by atoms with Crippen molar-refractivity contribution in [1.29, 1.82) is 0 Å². The number of aliphatic hydroxyl groups excluding tert-OH is 1. The van der Waals surface area contributed by atoms with Gasteiger partial charge in [0.15, 0.2) is 14.6 Å². The predicted octanol–water partition coefficient (Wildman–Crippen LogP) is 1.42. The molecule has 0 bridgehead atoms. The average Bonchev–Trinajstić information content (AvgIpc) is 3.27. The van der Waals surface area contributed by atoms with Crippen LogP contribution in [0.5, 0.6) is 0 Å². The molecule has 9 nitrogen and oxygen atoms in total. The Morgan fingerprint density at radius 3 is 2.41 bits per heavy atom. The highest BCUT2D eigenvalue weighted by atomic mass is 32.2. The maximum absolute atomic E-state index is 12.7. The fourth-order valence-corrected chi connectivity index (χ4v) is 4.23. The summed E-state index contributed by atoms with van der Waals surface area (Å²) in [4.78, 5) is 26.1. The Balaban J connectivity index is 1.70. The number of hydrogen-bond donors (Lipinski definition) is 3. The number of carbonyl (C=O) groups is 2. The van der Waals surface area contributed by atoms with Gasteiger partial charge in [0, 0.05) is 35.8 Å². The summed E-state index contributed by atoms with van der Waals surface area (Å²) < 4.78 is 23.8. The highest BCUT2D eigenvalue weighted by Crippen LogP contribution is 2.25. The molecule has 1 aliphatic rings. The summed E-state index contributed by atoms with van der Waals surface area (Å²) >= 11 is 0. The van der Waals surface area contributed by atoms with Crippen LogP contribution in [0.2, 0.25) is 0 Å². The Kier molecular flexibility index (Phi) is 6.46. The van der Waals surface area contributed by atoms with Gasteiger partial charge < -0.3 is 10.0 Å². The Bertz CT molecular complexity index is 1200. The lowest BCUT2D eigenvalue weighted by molar-refractivity contribution is -0.131. The number of nitrogens with one attached hydrogen (secondary N) is 1. The monoisotopic (exact) mass is 459 g/mol. The number of rotatable bonds is 6. The van der Waals surface area contributed by atoms with Gasteiger partial charge in [0.1, 0.15) is 0 Å². The van der Waals surface area contributed by atoms with Crippen molar-refractivity contribution in [2.75, 3.05) is 12.8 Å². The lowest BCUT2D eigenvalue weighted by Crippen LogP contribution is -2.50. The summed E-state index contributed by atoms with van der Waals surface area (Å²) in [5.74, 6) is 4.99. The van der Waals surface area contributed by atoms with Crippen molar-refractivity contribution in [3.8, 4) is 11.8 Å². The summed E-state index contributed by atoms with van der Waals surface area (Å²) in [5, 5.41) is 18.5. The lowest BCUT2D eigenvalue weighted by atomic mass is 10.1. The zero-order valence-electron chi connectivity index (χ0n) is 18.0. The number of nitrogens with zero attached hydrogens (tertiary/aromatic N) is 2. The number of hydroxylamine groups is 1. The van der Waals surface area contributed by atoms with Crippen molar-refractivity contribution >= 4 is 21.8 Å². The van der Waals surface area contributed by atoms with E-state index < -0.39 is 26.6 Å². The molecule has 10 heteroatoms. The van der Waals surface area contributed by atoms with Crippen molar-refractivity contribution in [3.63, 3.8) is 0 Å². The number of aliphatic hydroxyl groups is 1. The van der Waals surface area contributed by atoms with Crippen molar-refractivity contribution in [2.24, 2.45) is 0 Å². The van der Waals surface area contributed by atoms with Crippen molar-refractivity contribution < 1.29 is 28.3 Å². The number of hydrogen-bond acceptors (Lipinski definition) is 6. The van der Waals surface area contributed by atoms with Crippen molar-refractivity contribution in [3.05, 3.63) is 58.9 Å². The fraction of sp³-hybridized carbons (Fsp3) is 0.364. The summed E-state index contributed by atoms with van der Waals surface area (Å²) in [5.41, 5.74) is 4.34. The van der Waals surface area contributed by atoms with E-state index in [0.717, 1.165) is 17.4 Å². The first-order valence-corrected chi connectivity index (χ1v) is 11.8. The number of amides is 2. The number of aromatic nitrogens is 1. The second-order valence-corrected chi connectivity index (χ2v) is 10.5. The molecule has 0 radical (unpaired) electrons. The van der Waals surface area contributed by atoms with Crippen LogP contribution >= 0.6 is 0 Å². The first kappa shape index (κ1) is 23.5. The first-order valence-electron chi connectivity index (χ1n) is 9.91. The zero-order chi connectivity index (χ0) is 23.7. The van der Waals surface area contributed by atoms with Crippen LogP contribution in [-0.4, -0.2) is 57.7 Å². The lowest BCUT2D eigenvalue weighted by Gasteiger charge is -2.27. The molecular weight excluding hydrogens is 434 g/mol. The molecule has 170 valence electrons. The van der Waals surface area contributed by atoms with E-state index in [4.69, 9.17) is 5.21 Å². The van der Waals surface area contributed by atoms with Crippen LogP contribution in [0.1, 0.15) is 48.8 Å². The molecule has 32 heavy (non-hydrogen) atoms. The Morgan fingerprint density at radius 2 is 1.88 bits per heavy atom. The van der Waals surface area contributed by atoms with Crippen molar-refractivity contribution in [1.82, 2.24) is 14.9 Å². The molecule has 0 fully saturated rings. The van der Waals surface area contributed by atoms with Crippen molar-refractivity contribution in [2.45, 2.75) is 37.7 Å². The van der Waals surface area contributed by atoms with Gasteiger partial charge in [0.2, 0.25) is 0 Å². The third-order valence-corrected chi connectivity index (χ3v) is 7.76. The van der Waals surface area contributed by atoms with Gasteiger partial charge in [-0.2, -0.15) is 0 Å². The Hall–Kier alpha value is -3.13. The van der Waals surface area contributed by atoms with Crippen LogP contribution in [0.25, 0.3) is 0 Å². The molecule has 0 aliphatic carbocycles. The van der Waals surface area contributed by atoms with E-state index in [1.807, 2.05) is 12.1 Å². The van der Waals surface area contributed by atoms with Gasteiger partial charge in [-0.1, -0.05) is 24.0 Å². The second kappa shape index (κ2) is 8.78. The van der Waals surface area contributed by atoms with E-state index in [0.29, 0.717) is 11.3 Å². The molecule has 0 saturated carbocycles. The summed E-state index contributed by atoms with van der Waals surface area (Å²) in [6.07, 6.45) is 1.82. The van der Waals surface area contributed by atoms with Gasteiger partial charge in [0.05, 0.1) is 12.6 Å². The SMILES string of the molecule is CC(O)c1ccc(C#Cc2cc3n(c2)C(=O)N(CC[C@](C)(C(=O)NO)S(C)(=O)=O)C3)cc1. The molecule has 1 unspecified atom stereocenters. The predicted molar refractivity (Wildman–Crippen MR) is 116 cm³/mol. The van der Waals surface area contributed by atoms with Gasteiger partial charge >= 0.3 is 6.03 Å². The fourth-order valence-electron chi connectivity index (χ4n) is 3.39. The smallest absolute Gasteiger partial charge is 0.328 e. The van der Waals surface area contributed by atoms with Crippen LogP contribution in [-0.2, 0) is 21.2 Å². The van der Waals surface area contributed by atoms with Crippen LogP contribution < -0.4 is 5.48 Å². The van der Waals surface area contributed by atoms with Crippen LogP contribution in [0, 0.1) is 11.8 Å². The zero-order valence-corrected chi connectivity index (χ0v) is 18.8. The van der Waals surface area contributed by atoms with E-state index in [1.54, 1.807) is 31.3 Å². The van der Waals surface area contributed by atoms with E-state index in [9.17, 15) is 23.1 Å². The van der Waals surface area contributed by atoms with Crippen LogP contribution in [0.15, 0.2) is 36.5 Å². The third-order valence-electron chi connectivity index (χ3n) is 5.73. The standard InChI is InChI=1S/C22H25N3O6S/c1-15(26)18-8-6-16(7-9-18)4-5-17-12-19-14-24(21(28)25(19)13-17)11-10-22(2,20(27)23-29)32(3,30)31/h6-9,12-13,15,26,29H,10-11,14H2,1-3H3,(H,23,27)/t15?,22-/m1/s1. The Labute approximate surface area is 186 Å². The molecule has 2 heterocycles. The summed E-state index contributed by atoms with van der Waals surface area (Å²) in [7, 11) is -3.84. The molecule has 1 aliphatic heterocycles. The average molecular weight is 460 g/mol. The molecule has 1 aromatic heterocycles. The van der Waals surface area contributed by atoms with E-state index in [-0.39, 0.29) is 25.5 Å². The first-order chi connectivity index (χ1) is 15.0. The molecule has 1 aromatic carbocycles. The highest BCUT2D eigenvalue weighted by Gasteiger charge is 2.44. The normalized spacial score (nSPS) is 16.0. The van der Waals surface area contributed by atoms with Crippen LogP contribution in [0.3, 0.4) is 0 Å². The van der Waals surface area contributed by atoms with E-state index in [1.165, 1.54) is 21.9 Å². The number of benzene rings is 1. The largest absolute Gasteiger partial charge is 0.389 e. The number of sulfone groups is 1. The minimum absolute atomic E-state index is 0.0220. The van der Waals surface area contributed by atoms with Gasteiger partial charge in [-0.05, 0) is 44.0 Å². The van der Waals surface area contributed by atoms with Gasteiger partial charge in [-0.25, -0.2) is 18.7 Å².